The second-order valence-corrected chi connectivity index (χ2v) is 7.62. The van der Waals surface area contributed by atoms with Crippen molar-refractivity contribution in [3.8, 4) is 5.69 Å². The van der Waals surface area contributed by atoms with Gasteiger partial charge in [0.15, 0.2) is 0 Å². The van der Waals surface area contributed by atoms with Gasteiger partial charge in [0.2, 0.25) is 11.8 Å². The van der Waals surface area contributed by atoms with E-state index < -0.39 is 6.03 Å². The Bertz CT molecular complexity index is 1190. The number of hydrogen-bond acceptors (Lipinski definition) is 5. The van der Waals surface area contributed by atoms with E-state index in [-0.39, 0.29) is 37.2 Å². The van der Waals surface area contributed by atoms with Crippen molar-refractivity contribution >= 4 is 46.7 Å². The van der Waals surface area contributed by atoms with Crippen LogP contribution in [0.25, 0.3) is 5.69 Å². The molecule has 3 aromatic rings. The molecule has 4 rings (SSSR count). The van der Waals surface area contributed by atoms with Crippen LogP contribution in [0.1, 0.15) is 16.8 Å². The standard InChI is InChI=1S/C22H19ClN6O4/c23-15-1-7-18(8-2-15)29-13-14(11-25-29)21(32)27-17-5-3-16(4-6-17)26-19(30)9-10-28-20(31)12-24-22(28)33/h1-8,11,13H,9-10,12H2,(H,24,33)(H,26,30)(H,27,32). The van der Waals surface area contributed by atoms with Gasteiger partial charge in [0, 0.05) is 35.6 Å². The number of hydrogen-bond donors (Lipinski definition) is 3. The number of carbonyl (C=O) groups is 4. The lowest BCUT2D eigenvalue weighted by atomic mass is 10.2. The molecule has 11 heteroatoms. The number of urea groups is 1. The van der Waals surface area contributed by atoms with E-state index in [1.54, 1.807) is 59.4 Å². The minimum Gasteiger partial charge on any atom is -0.329 e. The van der Waals surface area contributed by atoms with Crippen molar-refractivity contribution in [1.82, 2.24) is 20.0 Å². The molecule has 2 heterocycles. The molecule has 0 atom stereocenters. The number of nitrogens with zero attached hydrogens (tertiary/aromatic N) is 3. The Balaban J connectivity index is 1.30. The van der Waals surface area contributed by atoms with Crippen LogP contribution in [0.15, 0.2) is 60.9 Å². The summed E-state index contributed by atoms with van der Waals surface area (Å²) < 4.78 is 1.57. The third kappa shape index (κ3) is 5.36. The van der Waals surface area contributed by atoms with Gasteiger partial charge in [-0.15, -0.1) is 0 Å². The zero-order valence-electron chi connectivity index (χ0n) is 17.2. The molecule has 0 unspecified atom stereocenters. The van der Waals surface area contributed by atoms with E-state index in [1.165, 1.54) is 6.20 Å². The Kier molecular flexibility index (Phi) is 6.36. The van der Waals surface area contributed by atoms with Gasteiger partial charge >= 0.3 is 6.03 Å². The van der Waals surface area contributed by atoms with E-state index in [2.05, 4.69) is 21.0 Å². The van der Waals surface area contributed by atoms with E-state index in [0.717, 1.165) is 10.6 Å². The molecule has 0 aliphatic carbocycles. The molecule has 2 aromatic carbocycles. The lowest BCUT2D eigenvalue weighted by Crippen LogP contribution is -2.33. The molecule has 0 saturated carbocycles. The number of benzene rings is 2. The molecular weight excluding hydrogens is 448 g/mol. The Morgan fingerprint density at radius 3 is 2.30 bits per heavy atom. The lowest BCUT2D eigenvalue weighted by molar-refractivity contribution is -0.125. The summed E-state index contributed by atoms with van der Waals surface area (Å²) >= 11 is 5.89. The second kappa shape index (κ2) is 9.53. The van der Waals surface area contributed by atoms with Gasteiger partial charge < -0.3 is 16.0 Å². The van der Waals surface area contributed by atoms with Gasteiger partial charge in [-0.1, -0.05) is 11.6 Å². The van der Waals surface area contributed by atoms with Gasteiger partial charge in [0.25, 0.3) is 5.91 Å². The summed E-state index contributed by atoms with van der Waals surface area (Å²) in [5, 5.41) is 12.7. The monoisotopic (exact) mass is 466 g/mol. The summed E-state index contributed by atoms with van der Waals surface area (Å²) in [6.45, 7) is -0.0378. The summed E-state index contributed by atoms with van der Waals surface area (Å²) in [4.78, 5) is 48.7. The van der Waals surface area contributed by atoms with Crippen LogP contribution in [0, 0.1) is 0 Å². The van der Waals surface area contributed by atoms with Crippen LogP contribution in [0.2, 0.25) is 5.02 Å². The lowest BCUT2D eigenvalue weighted by Gasteiger charge is -2.12. The van der Waals surface area contributed by atoms with E-state index in [1.807, 2.05) is 0 Å². The van der Waals surface area contributed by atoms with Gasteiger partial charge in [-0.3, -0.25) is 19.3 Å². The van der Waals surface area contributed by atoms with Crippen molar-refractivity contribution in [3.63, 3.8) is 0 Å². The van der Waals surface area contributed by atoms with Crippen LogP contribution in [-0.2, 0) is 9.59 Å². The molecular formula is C22H19ClN6O4. The minimum absolute atomic E-state index is 0.00828. The predicted octanol–water partition coefficient (Wildman–Crippen LogP) is 2.66. The van der Waals surface area contributed by atoms with E-state index >= 15 is 0 Å². The topological polar surface area (TPSA) is 125 Å². The normalized spacial score (nSPS) is 13.1. The van der Waals surface area contributed by atoms with Gasteiger partial charge in [-0.25, -0.2) is 9.48 Å². The zero-order chi connectivity index (χ0) is 23.4. The van der Waals surface area contributed by atoms with Crippen LogP contribution in [-0.4, -0.2) is 51.5 Å². The molecule has 10 nitrogen and oxygen atoms in total. The van der Waals surface area contributed by atoms with Crippen LogP contribution in [0.4, 0.5) is 16.2 Å². The number of carbonyl (C=O) groups excluding carboxylic acids is 4. The number of anilines is 2. The Morgan fingerprint density at radius 1 is 1.00 bits per heavy atom. The summed E-state index contributed by atoms with van der Waals surface area (Å²) in [5.74, 6) is -1.03. The van der Waals surface area contributed by atoms with Gasteiger partial charge in [0.05, 0.1) is 24.0 Å². The fourth-order valence-electron chi connectivity index (χ4n) is 3.13. The molecule has 1 aromatic heterocycles. The third-order valence-corrected chi connectivity index (χ3v) is 5.11. The highest BCUT2D eigenvalue weighted by atomic mass is 35.5. The van der Waals surface area contributed by atoms with Crippen LogP contribution >= 0.6 is 11.6 Å². The fraction of sp³-hybridized carbons (Fsp3) is 0.136. The molecule has 1 aliphatic rings. The highest BCUT2D eigenvalue weighted by Crippen LogP contribution is 2.17. The van der Waals surface area contributed by atoms with E-state index in [4.69, 9.17) is 11.6 Å². The molecule has 168 valence electrons. The maximum Gasteiger partial charge on any atom is 0.324 e. The second-order valence-electron chi connectivity index (χ2n) is 7.18. The average molecular weight is 467 g/mol. The fourth-order valence-corrected chi connectivity index (χ4v) is 3.26. The highest BCUT2D eigenvalue weighted by Gasteiger charge is 2.28. The highest BCUT2D eigenvalue weighted by molar-refractivity contribution is 6.30. The van der Waals surface area contributed by atoms with Crippen LogP contribution in [0.5, 0.6) is 0 Å². The number of nitrogens with one attached hydrogen (secondary N) is 3. The molecule has 0 spiro atoms. The summed E-state index contributed by atoms with van der Waals surface area (Å²) in [5.41, 5.74) is 2.21. The van der Waals surface area contributed by atoms with Crippen molar-refractivity contribution < 1.29 is 19.2 Å². The molecule has 0 radical (unpaired) electrons. The number of aromatic nitrogens is 2. The molecule has 33 heavy (non-hydrogen) atoms. The van der Waals surface area contributed by atoms with Crippen molar-refractivity contribution in [3.05, 3.63) is 71.5 Å². The van der Waals surface area contributed by atoms with Crippen LogP contribution in [0.3, 0.4) is 0 Å². The first-order chi connectivity index (χ1) is 15.9. The molecule has 5 amide bonds. The maximum atomic E-state index is 12.5. The van der Waals surface area contributed by atoms with Gasteiger partial charge in [-0.05, 0) is 48.5 Å². The average Bonchev–Trinajstić information content (AvgIpc) is 3.41. The van der Waals surface area contributed by atoms with Gasteiger partial charge in [0.1, 0.15) is 0 Å². The molecule has 0 bridgehead atoms. The Morgan fingerprint density at radius 2 is 1.67 bits per heavy atom. The van der Waals surface area contributed by atoms with Crippen molar-refractivity contribution in [2.75, 3.05) is 23.7 Å². The minimum atomic E-state index is -0.494. The summed E-state index contributed by atoms with van der Waals surface area (Å²) in [6.07, 6.45) is 3.05. The molecule has 1 fully saturated rings. The Labute approximate surface area is 193 Å². The molecule has 1 saturated heterocycles. The van der Waals surface area contributed by atoms with Gasteiger partial charge in [-0.2, -0.15) is 5.10 Å². The smallest absolute Gasteiger partial charge is 0.324 e. The summed E-state index contributed by atoms with van der Waals surface area (Å²) in [6, 6.07) is 13.1. The first-order valence-corrected chi connectivity index (χ1v) is 10.4. The SMILES string of the molecule is O=C(CCN1C(=O)CNC1=O)Nc1ccc(NC(=O)c2cnn(-c3ccc(Cl)cc3)c2)cc1. The number of halogens is 1. The first-order valence-electron chi connectivity index (χ1n) is 9.99. The van der Waals surface area contributed by atoms with E-state index in [0.29, 0.717) is 22.0 Å². The number of rotatable bonds is 7. The zero-order valence-corrected chi connectivity index (χ0v) is 18.0. The number of imide groups is 1. The predicted molar refractivity (Wildman–Crippen MR) is 121 cm³/mol. The largest absolute Gasteiger partial charge is 0.329 e. The van der Waals surface area contributed by atoms with Crippen LogP contribution < -0.4 is 16.0 Å². The quantitative estimate of drug-likeness (QED) is 0.461. The molecule has 3 N–H and O–H groups in total. The van der Waals surface area contributed by atoms with Crippen molar-refractivity contribution in [2.45, 2.75) is 6.42 Å². The maximum absolute atomic E-state index is 12.5. The van der Waals surface area contributed by atoms with E-state index in [9.17, 15) is 19.2 Å². The third-order valence-electron chi connectivity index (χ3n) is 4.86. The first kappa shape index (κ1) is 22.0. The Hall–Kier alpha value is -4.18. The van der Waals surface area contributed by atoms with Crippen molar-refractivity contribution in [2.24, 2.45) is 0 Å². The number of amides is 5. The summed E-state index contributed by atoms with van der Waals surface area (Å²) in [7, 11) is 0. The van der Waals surface area contributed by atoms with Crippen molar-refractivity contribution in [1.29, 1.82) is 0 Å². The molecule has 1 aliphatic heterocycles.